The van der Waals surface area contributed by atoms with E-state index in [1.54, 1.807) is 0 Å². The van der Waals surface area contributed by atoms with Crippen molar-refractivity contribution in [1.82, 2.24) is 88.6 Å². The third kappa shape index (κ3) is 22.3. The first kappa shape index (κ1) is 123. The van der Waals surface area contributed by atoms with E-state index in [1.165, 1.54) is 247 Å². The number of nitrogens with one attached hydrogen (secondary N) is 1. The smallest absolute Gasteiger partial charge is 0.0973 e. The lowest BCUT2D eigenvalue weighted by atomic mass is 9.65. The van der Waals surface area contributed by atoms with E-state index in [4.69, 9.17) is 4.74 Å². The standard InChI is InChI=1S/4C13H26N2.2C13H25N.C12H24N2O.2C12H24N2.C11H22N2/c1-11(2)15-9-7-12(3)6-8-14(5)13(12,4)10-15;1-11(2)15-9-7-12(3)6-8-14(5)10-13(12,15)4;1-10(2)15-7-6-12(4)8-11(3)14-13(12,5)9-15;1-11(2)15-8-6-7-12(3)9-14(5)10-13(12,15)4;1-10(2)14-8-12(4)7-6-11(3)13(12,5)9-14;1-10(2)14-9-8-12(4)11(3)6-7-13(12,14)5;1-10(2)14-6-7-15-12(4)9-13(5)8-11(12,14)3;1-10(2)14-7-6-11(3)8-13(5)9-12(11,14)4;1-10(2)14-8-11(3)6-7-13(5)12(11,4)9-14;1-9(2)13-7-10(3)6-12(5)8-11(10,13)4/h2*11H,6-10H2,1-5H3;10-11,14H,6-9H2,1-5H3;11H,6-10H2,1-5H3;2*10-11H,6-9H2,1-5H3;10H,6-9H2,1-5H3;2*10H,6-9H2,1-5H3;9H,6-8H2,1-5H3/t12-,13+;12-,13-;11?,12-,13-;12-,13+;11?,12-,13-;11?,12-,13+;3*11-,12+;10-,11-/m1000001001/s1. The number of ether oxygens (including phenoxy) is 1. The Kier molecular flexibility index (Phi) is 37.9. The zero-order valence-corrected chi connectivity index (χ0v) is 106. The minimum absolute atomic E-state index is 0.00424. The van der Waals surface area contributed by atoms with Gasteiger partial charge in [-0.1, -0.05) is 83.1 Å². The molecule has 0 bridgehead atoms. The highest BCUT2D eigenvalue weighted by Gasteiger charge is 2.68. The molecule has 2 saturated carbocycles. The fraction of sp³-hybridized carbons (Fsp3) is 1.00. The fourth-order valence-electron chi connectivity index (χ4n) is 36.4. The Labute approximate surface area is 896 Å². The summed E-state index contributed by atoms with van der Waals surface area (Å²) >= 11 is 0. The van der Waals surface area contributed by atoms with Crippen LogP contribution in [0.4, 0.5) is 0 Å². The molecule has 18 heterocycles. The first-order valence-electron chi connectivity index (χ1n) is 60.7. The average Bonchev–Trinajstić information content (AvgIpc) is 1.52. The summed E-state index contributed by atoms with van der Waals surface area (Å²) in [4.78, 5) is 44.3. The summed E-state index contributed by atoms with van der Waals surface area (Å²) in [5, 5.41) is 3.82. The first-order valence-corrected chi connectivity index (χ1v) is 60.7. The second-order valence-electron chi connectivity index (χ2n) is 61.7. The van der Waals surface area contributed by atoms with Crippen molar-refractivity contribution < 1.29 is 4.74 Å². The van der Waals surface area contributed by atoms with Gasteiger partial charge in [-0.05, 0) is 469 Å². The molecule has 0 aromatic heterocycles. The second kappa shape index (κ2) is 44.2. The largest absolute Gasteiger partial charge is 0.371 e. The minimum atomic E-state index is 0.00424. The molecule has 2 aliphatic carbocycles. The summed E-state index contributed by atoms with van der Waals surface area (Å²) in [5.41, 5.74) is 8.91. The van der Waals surface area contributed by atoms with Gasteiger partial charge < -0.3 is 34.6 Å². The number of hydrogen-bond donors (Lipinski definition) is 1. The highest BCUT2D eigenvalue weighted by atomic mass is 16.5. The Morgan fingerprint density at radius 3 is 1.06 bits per heavy atom. The third-order valence-corrected chi connectivity index (χ3v) is 49.2. The van der Waals surface area contributed by atoms with Gasteiger partial charge in [0.05, 0.1) is 17.7 Å². The monoisotopic (exact) mass is 2020 g/mol. The zero-order chi connectivity index (χ0) is 108. The molecule has 0 amide bonds. The lowest BCUT2D eigenvalue weighted by molar-refractivity contribution is -0.165. The third-order valence-electron chi connectivity index (χ3n) is 49.2. The fourth-order valence-corrected chi connectivity index (χ4v) is 36.4. The van der Waals surface area contributed by atoms with E-state index in [-0.39, 0.29) is 11.1 Å². The Hall–Kier alpha value is -0.760. The second-order valence-corrected chi connectivity index (χ2v) is 61.7. The lowest BCUT2D eigenvalue weighted by Crippen LogP contribution is -2.73. The van der Waals surface area contributed by atoms with E-state index in [2.05, 4.69) is 436 Å². The number of piperidine rings is 4. The molecule has 20 fully saturated rings. The number of hydrogen-bond acceptors (Lipinski definition) is 19. The van der Waals surface area contributed by atoms with Gasteiger partial charge in [-0.3, -0.25) is 58.8 Å². The van der Waals surface area contributed by atoms with Gasteiger partial charge in [0, 0.05) is 238 Å². The molecule has 20 rings (SSSR count). The first-order chi connectivity index (χ1) is 65.9. The highest BCUT2D eigenvalue weighted by Crippen LogP contribution is 2.64. The van der Waals surface area contributed by atoms with Crippen molar-refractivity contribution in [2.45, 2.75) is 516 Å². The van der Waals surface area contributed by atoms with Gasteiger partial charge in [0.1, 0.15) is 0 Å². The summed E-state index contributed by atoms with van der Waals surface area (Å²) in [7, 11) is 15.8. The van der Waals surface area contributed by atoms with Crippen molar-refractivity contribution >= 4 is 0 Å². The van der Waals surface area contributed by atoms with E-state index in [0.29, 0.717) is 159 Å². The summed E-state index contributed by atoms with van der Waals surface area (Å²) in [6.07, 6.45) is 20.8. The predicted molar refractivity (Wildman–Crippen MR) is 622 cm³/mol. The number of morpholine rings is 1. The van der Waals surface area contributed by atoms with Gasteiger partial charge in [0.25, 0.3) is 0 Å². The van der Waals surface area contributed by atoms with Crippen LogP contribution < -0.4 is 5.32 Å². The van der Waals surface area contributed by atoms with Crippen molar-refractivity contribution in [1.29, 1.82) is 0 Å². The Balaban J connectivity index is 0.000000153. The number of likely N-dealkylation sites (tertiary alicyclic amines) is 16. The van der Waals surface area contributed by atoms with Gasteiger partial charge in [0.2, 0.25) is 0 Å². The van der Waals surface area contributed by atoms with E-state index >= 15 is 0 Å². The number of fused-ring (bicyclic) bond motifs is 10. The van der Waals surface area contributed by atoms with Crippen molar-refractivity contribution in [3.63, 3.8) is 0 Å². The Morgan fingerprint density at radius 2 is 0.569 bits per heavy atom. The van der Waals surface area contributed by atoms with E-state index in [0.717, 1.165) is 44.1 Å². The summed E-state index contributed by atoms with van der Waals surface area (Å²) in [5.74, 6) is 1.83. The molecule has 19 nitrogen and oxygen atoms in total. The maximum Gasteiger partial charge on any atom is 0.0973 e. The van der Waals surface area contributed by atoms with Crippen LogP contribution in [0.3, 0.4) is 0 Å². The molecule has 18 aliphatic heterocycles. The van der Waals surface area contributed by atoms with E-state index < -0.39 is 0 Å². The maximum absolute atomic E-state index is 6.06. The Bertz CT molecular complexity index is 4000. The topological polar surface area (TPSA) is 76.3 Å². The molecule has 0 aromatic rings. The van der Waals surface area contributed by atoms with E-state index in [1.807, 2.05) is 0 Å². The average molecular weight is 2020 g/mol. The predicted octanol–water partition coefficient (Wildman–Crippen LogP) is 21.5. The molecule has 0 spiro atoms. The molecule has 18 saturated heterocycles. The summed E-state index contributed by atoms with van der Waals surface area (Å²) in [6.45, 7) is 136. The van der Waals surface area contributed by atoms with Crippen LogP contribution in [0.2, 0.25) is 0 Å². The van der Waals surface area contributed by atoms with E-state index in [9.17, 15) is 0 Å². The van der Waals surface area contributed by atoms with Gasteiger partial charge in [-0.2, -0.15) is 0 Å². The quantitative estimate of drug-likeness (QED) is 0.225. The molecule has 3 unspecified atom stereocenters. The van der Waals surface area contributed by atoms with Crippen molar-refractivity contribution in [2.24, 2.45) is 66.0 Å². The molecule has 0 aromatic carbocycles. The summed E-state index contributed by atoms with van der Waals surface area (Å²) < 4.78 is 6.06. The van der Waals surface area contributed by atoms with Crippen molar-refractivity contribution in [3.8, 4) is 0 Å². The van der Waals surface area contributed by atoms with Crippen molar-refractivity contribution in [3.05, 3.63) is 0 Å². The molecular weight excluding hydrogens is 1770 g/mol. The highest BCUT2D eigenvalue weighted by molar-refractivity contribution is 5.23. The molecular formula is C125H248N18O. The zero-order valence-electron chi connectivity index (χ0n) is 106. The van der Waals surface area contributed by atoms with Crippen LogP contribution in [-0.2, 0) is 4.74 Å². The van der Waals surface area contributed by atoms with Gasteiger partial charge >= 0.3 is 0 Å². The van der Waals surface area contributed by atoms with Crippen LogP contribution >= 0.6 is 0 Å². The van der Waals surface area contributed by atoms with Crippen molar-refractivity contribution in [2.75, 3.05) is 226 Å². The normalized spacial score (nSPS) is 45.5. The molecule has 23 atom stereocenters. The summed E-state index contributed by atoms with van der Waals surface area (Å²) in [6, 6.07) is 7.56. The minimum Gasteiger partial charge on any atom is -0.371 e. The number of likely N-dealkylation sites (N-methyl/N-ethyl adjacent to an activating group) is 7. The number of rotatable bonds is 10. The Morgan fingerprint density at radius 1 is 0.229 bits per heavy atom. The van der Waals surface area contributed by atoms with Gasteiger partial charge in [0.15, 0.2) is 0 Å². The molecule has 844 valence electrons. The molecule has 0 radical (unpaired) electrons. The van der Waals surface area contributed by atoms with Crippen LogP contribution in [0.25, 0.3) is 0 Å². The molecule has 19 heteroatoms. The van der Waals surface area contributed by atoms with Gasteiger partial charge in [-0.25, -0.2) is 0 Å². The van der Waals surface area contributed by atoms with Crippen LogP contribution in [0.15, 0.2) is 0 Å². The maximum atomic E-state index is 6.06. The molecule has 144 heavy (non-hydrogen) atoms. The molecule has 1 N–H and O–H groups in total. The van der Waals surface area contributed by atoms with Crippen LogP contribution in [0.1, 0.15) is 394 Å². The van der Waals surface area contributed by atoms with Crippen LogP contribution in [-0.4, -0.2) is 431 Å². The van der Waals surface area contributed by atoms with Gasteiger partial charge in [-0.15, -0.1) is 0 Å². The van der Waals surface area contributed by atoms with Crippen LogP contribution in [0.5, 0.6) is 0 Å². The van der Waals surface area contributed by atoms with Crippen LogP contribution in [0, 0.1) is 66.0 Å². The SMILES string of the molecule is CC(C)N1CCC[C@@]2(C)CN(C)C[C@@]12C.CC(C)N1CCO[C@@]2(C)CN(C)C[C@@]12C.CC(C)N1CC[C@@]2(C)C(C)CC[C@@]12C.CC(C)N1CC[C@@]2(C)CCN(C)[C@@]2(C)C1.CC(C)N1CC[C@@]2(C)CN(C)C[C@@]12C.CC(C)N1CC[C@]2(C)CCN(C)C[C@]12C.CC(C)N1C[C@@]2(C)CN(C)C[C@@]12C.CC(C)N1C[C@]2(C)CCC(C)[C@]2(C)C1.CC(C)N1C[C@]2(C)CCN(C)[C@]2(C)C1.CC1C[C@]2(C)CCN(C(C)C)C[C@]2(C)N1. The number of nitrogens with zero attached hydrogens (tertiary/aromatic N) is 17. The lowest BCUT2D eigenvalue weighted by Gasteiger charge is -2.62. The molecule has 20 aliphatic rings.